The minimum absolute atomic E-state index is 0.450. The molecule has 3 nitrogen and oxygen atoms in total. The fourth-order valence-corrected chi connectivity index (χ4v) is 2.12. The highest BCUT2D eigenvalue weighted by atomic mass is 19.4. The van der Waals surface area contributed by atoms with E-state index < -0.39 is 18.8 Å². The highest BCUT2D eigenvalue weighted by Gasteiger charge is 2.28. The van der Waals surface area contributed by atoms with Crippen molar-refractivity contribution in [3.8, 4) is 0 Å². The molecule has 0 radical (unpaired) electrons. The van der Waals surface area contributed by atoms with Crippen LogP contribution in [0.3, 0.4) is 0 Å². The van der Waals surface area contributed by atoms with E-state index in [1.54, 1.807) is 6.92 Å². The van der Waals surface area contributed by atoms with Gasteiger partial charge in [-0.15, -0.1) is 0 Å². The summed E-state index contributed by atoms with van der Waals surface area (Å²) >= 11 is 0. The fourth-order valence-electron chi connectivity index (χ4n) is 2.12. The second-order valence-corrected chi connectivity index (χ2v) is 4.42. The largest absolute Gasteiger partial charge is 0.401 e. The Bertz CT molecular complexity index is 560. The maximum absolute atomic E-state index is 12.2. The molecule has 0 aliphatic carbocycles. The summed E-state index contributed by atoms with van der Waals surface area (Å²) in [5.41, 5.74) is 1.75. The Morgan fingerprint density at radius 1 is 1.32 bits per heavy atom. The molecule has 0 saturated carbocycles. The van der Waals surface area contributed by atoms with E-state index in [2.05, 4.69) is 10.3 Å². The van der Waals surface area contributed by atoms with Crippen molar-refractivity contribution in [3.05, 3.63) is 30.1 Å². The number of hydrogen-bond donors (Lipinski definition) is 1. The van der Waals surface area contributed by atoms with Gasteiger partial charge >= 0.3 is 6.18 Å². The highest BCUT2D eigenvalue weighted by molar-refractivity contribution is 5.76. The first-order valence-corrected chi connectivity index (χ1v) is 6.17. The number of nitrogens with one attached hydrogen (secondary N) is 1. The first-order chi connectivity index (χ1) is 8.92. The van der Waals surface area contributed by atoms with Crippen LogP contribution in [-0.4, -0.2) is 22.3 Å². The van der Waals surface area contributed by atoms with Crippen LogP contribution < -0.4 is 5.32 Å². The van der Waals surface area contributed by atoms with Crippen LogP contribution in [-0.2, 0) is 6.54 Å². The number of para-hydroxylation sites is 2. The number of aryl methyl sites for hydroxylation is 1. The highest BCUT2D eigenvalue weighted by Crippen LogP contribution is 2.21. The van der Waals surface area contributed by atoms with Gasteiger partial charge in [-0.1, -0.05) is 12.1 Å². The Morgan fingerprint density at radius 2 is 2.00 bits per heavy atom. The number of hydrogen-bond acceptors (Lipinski definition) is 2. The lowest BCUT2D eigenvalue weighted by atomic mass is 10.3. The van der Waals surface area contributed by atoms with Crippen LogP contribution in [0.1, 0.15) is 25.7 Å². The van der Waals surface area contributed by atoms with Crippen molar-refractivity contribution in [2.24, 2.45) is 0 Å². The zero-order chi connectivity index (χ0) is 14.0. The second-order valence-electron chi connectivity index (χ2n) is 4.42. The molecule has 1 aromatic heterocycles. The SMILES string of the molecule is CCn1c([C@H](C)NCC(F)(F)F)nc2ccccc21. The van der Waals surface area contributed by atoms with E-state index in [1.165, 1.54) is 0 Å². The Hall–Kier alpha value is -1.56. The number of aromatic nitrogens is 2. The molecule has 0 aliphatic rings. The van der Waals surface area contributed by atoms with Crippen molar-refractivity contribution in [3.63, 3.8) is 0 Å². The van der Waals surface area contributed by atoms with Crippen molar-refractivity contribution in [1.29, 1.82) is 0 Å². The Kier molecular flexibility index (Phi) is 3.80. The molecule has 0 unspecified atom stereocenters. The summed E-state index contributed by atoms with van der Waals surface area (Å²) in [5, 5.41) is 2.47. The Morgan fingerprint density at radius 3 is 2.63 bits per heavy atom. The minimum atomic E-state index is -4.21. The molecule has 0 bridgehead atoms. The predicted octanol–water partition coefficient (Wildman–Crippen LogP) is 3.27. The molecular formula is C13H16F3N3. The molecule has 0 spiro atoms. The molecule has 2 aromatic rings. The quantitative estimate of drug-likeness (QED) is 0.925. The first kappa shape index (κ1) is 13.9. The number of halogens is 3. The van der Waals surface area contributed by atoms with E-state index in [1.807, 2.05) is 35.8 Å². The molecule has 1 atom stereocenters. The van der Waals surface area contributed by atoms with Crippen molar-refractivity contribution in [1.82, 2.24) is 14.9 Å². The summed E-state index contributed by atoms with van der Waals surface area (Å²) in [6, 6.07) is 7.10. The van der Waals surface area contributed by atoms with Crippen LogP contribution in [0.5, 0.6) is 0 Å². The van der Waals surface area contributed by atoms with Gasteiger partial charge in [-0.3, -0.25) is 5.32 Å². The average Bonchev–Trinajstić information content (AvgIpc) is 2.73. The predicted molar refractivity (Wildman–Crippen MR) is 67.9 cm³/mol. The number of benzene rings is 1. The lowest BCUT2D eigenvalue weighted by Crippen LogP contribution is -2.32. The van der Waals surface area contributed by atoms with E-state index in [4.69, 9.17) is 0 Å². The molecule has 2 rings (SSSR count). The zero-order valence-electron chi connectivity index (χ0n) is 10.8. The Labute approximate surface area is 109 Å². The summed E-state index contributed by atoms with van der Waals surface area (Å²) in [5.74, 6) is 0.632. The molecule has 0 aliphatic heterocycles. The van der Waals surface area contributed by atoms with Crippen molar-refractivity contribution < 1.29 is 13.2 Å². The van der Waals surface area contributed by atoms with E-state index in [0.29, 0.717) is 12.4 Å². The van der Waals surface area contributed by atoms with Crippen LogP contribution in [0.2, 0.25) is 0 Å². The van der Waals surface area contributed by atoms with Gasteiger partial charge in [-0.2, -0.15) is 13.2 Å². The van der Waals surface area contributed by atoms with Crippen molar-refractivity contribution in [2.75, 3.05) is 6.54 Å². The lowest BCUT2D eigenvalue weighted by molar-refractivity contribution is -0.126. The van der Waals surface area contributed by atoms with Crippen LogP contribution in [0.15, 0.2) is 24.3 Å². The van der Waals surface area contributed by atoms with Crippen LogP contribution in [0.25, 0.3) is 11.0 Å². The first-order valence-electron chi connectivity index (χ1n) is 6.17. The van der Waals surface area contributed by atoms with Crippen LogP contribution in [0.4, 0.5) is 13.2 Å². The lowest BCUT2D eigenvalue weighted by Gasteiger charge is -2.16. The van der Waals surface area contributed by atoms with E-state index in [0.717, 1.165) is 11.0 Å². The summed E-state index contributed by atoms with van der Waals surface area (Å²) in [4.78, 5) is 4.42. The maximum Gasteiger partial charge on any atom is 0.401 e. The second kappa shape index (κ2) is 5.21. The van der Waals surface area contributed by atoms with E-state index in [9.17, 15) is 13.2 Å². The average molecular weight is 271 g/mol. The minimum Gasteiger partial charge on any atom is -0.327 e. The molecule has 0 saturated heterocycles. The van der Waals surface area contributed by atoms with Gasteiger partial charge in [0.1, 0.15) is 5.82 Å². The van der Waals surface area contributed by atoms with Gasteiger partial charge in [0.15, 0.2) is 0 Å². The van der Waals surface area contributed by atoms with Gasteiger partial charge < -0.3 is 4.57 Å². The zero-order valence-corrected chi connectivity index (χ0v) is 10.8. The van der Waals surface area contributed by atoms with Gasteiger partial charge in [0.2, 0.25) is 0 Å². The molecule has 1 aromatic carbocycles. The normalized spacial score (nSPS) is 13.9. The summed E-state index contributed by atoms with van der Waals surface area (Å²) < 4.78 is 38.6. The van der Waals surface area contributed by atoms with Crippen LogP contribution in [0, 0.1) is 0 Å². The Balaban J connectivity index is 2.28. The molecule has 0 fully saturated rings. The van der Waals surface area contributed by atoms with Gasteiger partial charge in [0.05, 0.1) is 23.6 Å². The number of alkyl halides is 3. The van der Waals surface area contributed by atoms with Crippen LogP contribution >= 0.6 is 0 Å². The number of imidazole rings is 1. The monoisotopic (exact) mass is 271 g/mol. The molecule has 1 N–H and O–H groups in total. The molecule has 1 heterocycles. The number of nitrogens with zero attached hydrogens (tertiary/aromatic N) is 2. The van der Waals surface area contributed by atoms with Gasteiger partial charge in [-0.05, 0) is 26.0 Å². The van der Waals surface area contributed by atoms with Crippen molar-refractivity contribution >= 4 is 11.0 Å². The molecule has 19 heavy (non-hydrogen) atoms. The van der Waals surface area contributed by atoms with E-state index in [-0.39, 0.29) is 0 Å². The molecular weight excluding hydrogens is 255 g/mol. The topological polar surface area (TPSA) is 29.9 Å². The number of fused-ring (bicyclic) bond motifs is 1. The molecule has 104 valence electrons. The molecule has 0 amide bonds. The van der Waals surface area contributed by atoms with Gasteiger partial charge in [-0.25, -0.2) is 4.98 Å². The van der Waals surface area contributed by atoms with E-state index >= 15 is 0 Å². The van der Waals surface area contributed by atoms with Gasteiger partial charge in [0, 0.05) is 6.54 Å². The third-order valence-corrected chi connectivity index (χ3v) is 3.00. The van der Waals surface area contributed by atoms with Gasteiger partial charge in [0.25, 0.3) is 0 Å². The molecule has 6 heteroatoms. The maximum atomic E-state index is 12.2. The third kappa shape index (κ3) is 3.07. The summed E-state index contributed by atoms with van der Waals surface area (Å²) in [6.07, 6.45) is -4.21. The number of rotatable bonds is 4. The summed E-state index contributed by atoms with van der Waals surface area (Å²) in [7, 11) is 0. The third-order valence-electron chi connectivity index (χ3n) is 3.00. The summed E-state index contributed by atoms with van der Waals surface area (Å²) in [6.45, 7) is 3.31. The smallest absolute Gasteiger partial charge is 0.327 e. The van der Waals surface area contributed by atoms with Crippen molar-refractivity contribution in [2.45, 2.75) is 32.6 Å². The standard InChI is InChI=1S/C13H16F3N3/c1-3-19-11-7-5-4-6-10(11)18-12(19)9(2)17-8-13(14,15)16/h4-7,9,17H,3,8H2,1-2H3/t9-/m0/s1. The fraction of sp³-hybridized carbons (Fsp3) is 0.462.